The first-order chi connectivity index (χ1) is 7.18. The molecule has 2 atom stereocenters. The van der Waals surface area contributed by atoms with Crippen molar-refractivity contribution in [3.8, 4) is 0 Å². The lowest BCUT2D eigenvalue weighted by Gasteiger charge is -2.33. The van der Waals surface area contributed by atoms with E-state index in [0.717, 1.165) is 25.4 Å². The maximum atomic E-state index is 6.12. The van der Waals surface area contributed by atoms with Crippen molar-refractivity contribution >= 4 is 0 Å². The molecule has 0 amide bonds. The molecule has 1 aliphatic rings. The van der Waals surface area contributed by atoms with Crippen LogP contribution in [0.15, 0.2) is 6.20 Å². The van der Waals surface area contributed by atoms with E-state index in [-0.39, 0.29) is 12.1 Å². The molecule has 1 saturated heterocycles. The third-order valence-corrected chi connectivity index (χ3v) is 2.79. The van der Waals surface area contributed by atoms with Gasteiger partial charge in [0.1, 0.15) is 0 Å². The van der Waals surface area contributed by atoms with Gasteiger partial charge in [-0.2, -0.15) is 0 Å². The number of aryl methyl sites for hydroxylation is 1. The van der Waals surface area contributed by atoms with Crippen molar-refractivity contribution in [3.05, 3.63) is 11.9 Å². The van der Waals surface area contributed by atoms with Crippen LogP contribution in [0, 0.1) is 0 Å². The maximum absolute atomic E-state index is 6.12. The van der Waals surface area contributed by atoms with Crippen LogP contribution in [-0.4, -0.2) is 52.7 Å². The monoisotopic (exact) mass is 211 g/mol. The number of nitrogens with zero attached hydrogens (tertiary/aromatic N) is 4. The fourth-order valence-corrected chi connectivity index (χ4v) is 1.82. The predicted molar refractivity (Wildman–Crippen MR) is 55.2 cm³/mol. The Bertz CT molecular complexity index is 326. The highest BCUT2D eigenvalue weighted by Crippen LogP contribution is 2.18. The van der Waals surface area contributed by atoms with Crippen LogP contribution in [0.1, 0.15) is 11.7 Å². The quantitative estimate of drug-likeness (QED) is 0.689. The van der Waals surface area contributed by atoms with E-state index in [1.807, 2.05) is 7.05 Å². The van der Waals surface area contributed by atoms with Crippen LogP contribution in [0.4, 0.5) is 0 Å². The summed E-state index contributed by atoms with van der Waals surface area (Å²) >= 11 is 0. The van der Waals surface area contributed by atoms with Gasteiger partial charge in [0, 0.05) is 20.1 Å². The molecule has 0 radical (unpaired) electrons. The molecule has 1 fully saturated rings. The van der Waals surface area contributed by atoms with Gasteiger partial charge in [-0.25, -0.2) is 0 Å². The fourth-order valence-electron chi connectivity index (χ4n) is 1.82. The molecule has 0 spiro atoms. The van der Waals surface area contributed by atoms with Crippen LogP contribution in [0.2, 0.25) is 0 Å². The van der Waals surface area contributed by atoms with Gasteiger partial charge in [0.25, 0.3) is 0 Å². The van der Waals surface area contributed by atoms with Gasteiger partial charge in [-0.15, -0.1) is 5.10 Å². The van der Waals surface area contributed by atoms with Gasteiger partial charge < -0.3 is 15.4 Å². The summed E-state index contributed by atoms with van der Waals surface area (Å²) in [5, 5.41) is 7.69. The topological polar surface area (TPSA) is 69.2 Å². The van der Waals surface area contributed by atoms with Crippen LogP contribution < -0.4 is 5.73 Å². The van der Waals surface area contributed by atoms with Gasteiger partial charge in [0.2, 0.25) is 0 Å². The minimum absolute atomic E-state index is 0.0287. The van der Waals surface area contributed by atoms with Crippen LogP contribution in [-0.2, 0) is 11.8 Å². The summed E-state index contributed by atoms with van der Waals surface area (Å²) in [6.45, 7) is 2.55. The van der Waals surface area contributed by atoms with Crippen LogP contribution >= 0.6 is 0 Å². The second-order valence-corrected chi connectivity index (χ2v) is 3.98. The Balaban J connectivity index is 2.07. The van der Waals surface area contributed by atoms with Crippen molar-refractivity contribution in [2.24, 2.45) is 12.8 Å². The van der Waals surface area contributed by atoms with Crippen molar-refractivity contribution in [3.63, 3.8) is 0 Å². The molecule has 1 aliphatic heterocycles. The zero-order chi connectivity index (χ0) is 10.8. The average molecular weight is 211 g/mol. The normalized spacial score (nSPS) is 25.4. The van der Waals surface area contributed by atoms with E-state index in [4.69, 9.17) is 10.5 Å². The number of rotatable bonds is 2. The Kier molecular flexibility index (Phi) is 2.99. The number of nitrogens with two attached hydrogens (primary N) is 1. The summed E-state index contributed by atoms with van der Waals surface area (Å²) in [7, 11) is 3.92. The Morgan fingerprint density at radius 1 is 1.60 bits per heavy atom. The highest BCUT2D eigenvalue weighted by molar-refractivity contribution is 5.04. The maximum Gasteiger partial charge on any atom is 0.0910 e. The van der Waals surface area contributed by atoms with Crippen LogP contribution in [0.5, 0.6) is 0 Å². The summed E-state index contributed by atoms with van der Waals surface area (Å²) in [5.41, 5.74) is 7.04. The molecule has 0 saturated carbocycles. The Morgan fingerprint density at radius 2 is 2.40 bits per heavy atom. The first-order valence-corrected chi connectivity index (χ1v) is 5.09. The highest BCUT2D eigenvalue weighted by Gasteiger charge is 2.27. The summed E-state index contributed by atoms with van der Waals surface area (Å²) in [6, 6.07) is -0.159. The lowest BCUT2D eigenvalue weighted by molar-refractivity contribution is -0.0337. The lowest BCUT2D eigenvalue weighted by Crippen LogP contribution is -2.45. The number of morpholine rings is 1. The molecule has 0 aromatic carbocycles. The van der Waals surface area contributed by atoms with Crippen molar-refractivity contribution in [1.82, 2.24) is 19.9 Å². The van der Waals surface area contributed by atoms with Crippen molar-refractivity contribution in [1.29, 1.82) is 0 Å². The number of aromatic nitrogens is 3. The minimum atomic E-state index is -0.159. The molecule has 6 heteroatoms. The molecule has 1 aromatic heterocycles. The van der Waals surface area contributed by atoms with Crippen molar-refractivity contribution < 1.29 is 4.74 Å². The second kappa shape index (κ2) is 4.26. The van der Waals surface area contributed by atoms with Gasteiger partial charge in [0.05, 0.1) is 30.6 Å². The molecule has 6 nitrogen and oxygen atoms in total. The van der Waals surface area contributed by atoms with Crippen molar-refractivity contribution in [2.45, 2.75) is 12.1 Å². The van der Waals surface area contributed by atoms with Crippen LogP contribution in [0.25, 0.3) is 0 Å². The van der Waals surface area contributed by atoms with Gasteiger partial charge in [-0.05, 0) is 7.05 Å². The summed E-state index contributed by atoms with van der Waals surface area (Å²) < 4.78 is 7.35. The zero-order valence-corrected chi connectivity index (χ0v) is 9.13. The van der Waals surface area contributed by atoms with Crippen molar-refractivity contribution in [2.75, 3.05) is 26.7 Å². The molecule has 2 unspecified atom stereocenters. The number of ether oxygens (including phenoxy) is 1. The molecule has 1 aromatic rings. The van der Waals surface area contributed by atoms with Gasteiger partial charge in [-0.3, -0.25) is 4.68 Å². The predicted octanol–water partition coefficient (Wildman–Crippen LogP) is -0.854. The average Bonchev–Trinajstić information content (AvgIpc) is 2.63. The first kappa shape index (κ1) is 10.5. The standard InChI is InChI=1S/C9H17N5O/c1-13-3-4-15-8(6-13)9(10)7-5-11-12-14(7)2/h5,8-9H,3-4,6,10H2,1-2H3. The van der Waals surface area contributed by atoms with E-state index in [1.54, 1.807) is 10.9 Å². The molecule has 2 heterocycles. The highest BCUT2D eigenvalue weighted by atomic mass is 16.5. The van der Waals surface area contributed by atoms with Gasteiger partial charge in [-0.1, -0.05) is 5.21 Å². The Hall–Kier alpha value is -0.980. The zero-order valence-electron chi connectivity index (χ0n) is 9.13. The van der Waals surface area contributed by atoms with Crippen LogP contribution in [0.3, 0.4) is 0 Å². The largest absolute Gasteiger partial charge is 0.374 e. The Morgan fingerprint density at radius 3 is 3.00 bits per heavy atom. The molecular weight excluding hydrogens is 194 g/mol. The summed E-state index contributed by atoms with van der Waals surface area (Å²) in [6.07, 6.45) is 1.73. The third-order valence-electron chi connectivity index (χ3n) is 2.79. The third kappa shape index (κ3) is 2.17. The molecule has 0 bridgehead atoms. The number of hydrogen-bond acceptors (Lipinski definition) is 5. The minimum Gasteiger partial charge on any atom is -0.374 e. The number of hydrogen-bond donors (Lipinski definition) is 1. The summed E-state index contributed by atoms with van der Waals surface area (Å²) in [4.78, 5) is 2.22. The lowest BCUT2D eigenvalue weighted by atomic mass is 10.1. The van der Waals surface area contributed by atoms with E-state index < -0.39 is 0 Å². The SMILES string of the molecule is CN1CCOC(C(N)c2cnnn2C)C1. The molecule has 84 valence electrons. The van der Waals surface area contributed by atoms with E-state index in [1.165, 1.54) is 0 Å². The molecule has 15 heavy (non-hydrogen) atoms. The van der Waals surface area contributed by atoms with E-state index in [9.17, 15) is 0 Å². The van der Waals surface area contributed by atoms with Gasteiger partial charge >= 0.3 is 0 Å². The number of likely N-dealkylation sites (N-methyl/N-ethyl adjacent to an activating group) is 1. The fraction of sp³-hybridized carbons (Fsp3) is 0.778. The molecule has 0 aliphatic carbocycles. The van der Waals surface area contributed by atoms with E-state index >= 15 is 0 Å². The molecular formula is C9H17N5O. The van der Waals surface area contributed by atoms with E-state index in [2.05, 4.69) is 22.3 Å². The Labute approximate surface area is 89.0 Å². The molecule has 2 N–H and O–H groups in total. The summed E-state index contributed by atoms with van der Waals surface area (Å²) in [5.74, 6) is 0. The van der Waals surface area contributed by atoms with Gasteiger partial charge in [0.15, 0.2) is 0 Å². The first-order valence-electron chi connectivity index (χ1n) is 5.09. The molecule has 2 rings (SSSR count). The second-order valence-electron chi connectivity index (χ2n) is 3.98. The van der Waals surface area contributed by atoms with E-state index in [0.29, 0.717) is 0 Å². The smallest absolute Gasteiger partial charge is 0.0910 e.